The van der Waals surface area contributed by atoms with Crippen molar-refractivity contribution in [2.75, 3.05) is 11.9 Å². The number of hydrogen-bond acceptors (Lipinski definition) is 10. The number of ether oxygens (including phenoxy) is 1. The highest BCUT2D eigenvalue weighted by Gasteiger charge is 2.44. The predicted molar refractivity (Wildman–Crippen MR) is 91.6 cm³/mol. The summed E-state index contributed by atoms with van der Waals surface area (Å²) in [5.41, 5.74) is 1.55. The Balaban J connectivity index is 1.59. The van der Waals surface area contributed by atoms with Gasteiger partial charge in [-0.3, -0.25) is 9.55 Å². The van der Waals surface area contributed by atoms with Crippen LogP contribution in [0.3, 0.4) is 0 Å². The first-order valence-corrected chi connectivity index (χ1v) is 8.26. The second kappa shape index (κ2) is 7.04. The van der Waals surface area contributed by atoms with Crippen molar-refractivity contribution in [2.45, 2.75) is 31.1 Å². The van der Waals surface area contributed by atoms with Gasteiger partial charge in [0.1, 0.15) is 30.4 Å². The highest BCUT2D eigenvalue weighted by molar-refractivity contribution is 5.82. The molecule has 0 unspecified atom stereocenters. The van der Waals surface area contributed by atoms with Crippen LogP contribution in [0.1, 0.15) is 11.9 Å². The van der Waals surface area contributed by atoms with Crippen LogP contribution in [0.5, 0.6) is 5.75 Å². The number of nitrogens with zero attached hydrogens (tertiary/aromatic N) is 5. The molecule has 0 aliphatic carbocycles. The monoisotopic (exact) mass is 374 g/mol. The van der Waals surface area contributed by atoms with E-state index in [-0.39, 0.29) is 5.75 Å². The molecule has 1 aliphatic rings. The van der Waals surface area contributed by atoms with Gasteiger partial charge >= 0.3 is 0 Å². The van der Waals surface area contributed by atoms with E-state index in [9.17, 15) is 20.4 Å². The van der Waals surface area contributed by atoms with Crippen LogP contribution < -0.4 is 5.32 Å². The molecule has 0 spiro atoms. The lowest BCUT2D eigenvalue weighted by atomic mass is 10.1. The smallest absolute Gasteiger partial charge is 0.167 e. The summed E-state index contributed by atoms with van der Waals surface area (Å²) in [6.07, 6.45) is -0.128. The summed E-state index contributed by atoms with van der Waals surface area (Å²) < 4.78 is 7.02. The number of aliphatic hydroxyl groups is 3. The van der Waals surface area contributed by atoms with Gasteiger partial charge in [0.05, 0.1) is 31.4 Å². The van der Waals surface area contributed by atoms with Gasteiger partial charge in [-0.1, -0.05) is 0 Å². The van der Waals surface area contributed by atoms with Crippen molar-refractivity contribution < 1.29 is 25.2 Å². The molecule has 0 radical (unpaired) electrons. The normalized spacial score (nSPS) is 25.1. The minimum Gasteiger partial charge on any atom is -0.506 e. The summed E-state index contributed by atoms with van der Waals surface area (Å²) in [6.45, 7) is -0.0596. The van der Waals surface area contributed by atoms with Gasteiger partial charge in [0.15, 0.2) is 23.2 Å². The fourth-order valence-electron chi connectivity index (χ4n) is 2.97. The molecule has 11 nitrogen and oxygen atoms in total. The van der Waals surface area contributed by atoms with Crippen LogP contribution in [0.2, 0.25) is 0 Å². The molecule has 0 saturated carbocycles. The lowest BCUT2D eigenvalue weighted by Gasteiger charge is -2.16. The molecular formula is C16H18N6O5. The van der Waals surface area contributed by atoms with Gasteiger partial charge in [0.2, 0.25) is 0 Å². The Morgan fingerprint density at radius 3 is 2.67 bits per heavy atom. The van der Waals surface area contributed by atoms with Crippen molar-refractivity contribution in [3.05, 3.63) is 36.7 Å². The number of rotatable bonds is 5. The van der Waals surface area contributed by atoms with Crippen LogP contribution >= 0.6 is 0 Å². The maximum Gasteiger partial charge on any atom is 0.167 e. The molecule has 0 bridgehead atoms. The molecule has 27 heavy (non-hydrogen) atoms. The van der Waals surface area contributed by atoms with Crippen molar-refractivity contribution in [1.29, 1.82) is 0 Å². The van der Waals surface area contributed by atoms with E-state index in [1.807, 2.05) is 0 Å². The van der Waals surface area contributed by atoms with Crippen molar-refractivity contribution in [3.63, 3.8) is 0 Å². The van der Waals surface area contributed by atoms with Gasteiger partial charge in [-0.15, -0.1) is 0 Å². The maximum atomic E-state index is 10.2. The molecule has 0 amide bonds. The van der Waals surface area contributed by atoms with Crippen LogP contribution in [0, 0.1) is 0 Å². The van der Waals surface area contributed by atoms with Gasteiger partial charge in [0.25, 0.3) is 0 Å². The van der Waals surface area contributed by atoms with E-state index in [1.165, 1.54) is 29.5 Å². The minimum atomic E-state index is -1.23. The number of pyridine rings is 1. The molecule has 142 valence electrons. The van der Waals surface area contributed by atoms with E-state index >= 15 is 0 Å². The second-order valence-electron chi connectivity index (χ2n) is 6.14. The van der Waals surface area contributed by atoms with Crippen molar-refractivity contribution >= 4 is 17.0 Å². The van der Waals surface area contributed by atoms with Crippen LogP contribution in [0.25, 0.3) is 11.2 Å². The third-order valence-electron chi connectivity index (χ3n) is 4.40. The number of fused-ring (bicyclic) bond motifs is 1. The Morgan fingerprint density at radius 1 is 1.11 bits per heavy atom. The van der Waals surface area contributed by atoms with Crippen LogP contribution in [0.4, 0.5) is 5.82 Å². The number of aromatic nitrogens is 5. The van der Waals surface area contributed by atoms with E-state index in [1.54, 1.807) is 6.07 Å². The third-order valence-corrected chi connectivity index (χ3v) is 4.40. The molecule has 5 N–H and O–H groups in total. The van der Waals surface area contributed by atoms with E-state index in [2.05, 4.69) is 25.3 Å². The maximum absolute atomic E-state index is 10.2. The zero-order chi connectivity index (χ0) is 19.0. The molecule has 4 rings (SSSR count). The first-order chi connectivity index (χ1) is 13.1. The van der Waals surface area contributed by atoms with E-state index in [0.29, 0.717) is 29.2 Å². The van der Waals surface area contributed by atoms with Gasteiger partial charge in [-0.25, -0.2) is 15.0 Å². The SMILES string of the molecule is OC[C@H]1O[C@@H](n2cnc3c(NCc4ccc(O)cn4)ncnc32)[C@H](O)[C@@H]1O. The van der Waals surface area contributed by atoms with E-state index < -0.39 is 31.1 Å². The van der Waals surface area contributed by atoms with Gasteiger partial charge in [-0.05, 0) is 12.1 Å². The highest BCUT2D eigenvalue weighted by Crippen LogP contribution is 2.32. The molecule has 3 aromatic rings. The molecule has 3 aromatic heterocycles. The fourth-order valence-corrected chi connectivity index (χ4v) is 2.97. The van der Waals surface area contributed by atoms with Crippen molar-refractivity contribution in [2.24, 2.45) is 0 Å². The molecular weight excluding hydrogens is 356 g/mol. The summed E-state index contributed by atoms with van der Waals surface area (Å²) in [5, 5.41) is 41.8. The average molecular weight is 374 g/mol. The summed E-state index contributed by atoms with van der Waals surface area (Å²) in [7, 11) is 0. The number of imidazole rings is 1. The third kappa shape index (κ3) is 3.17. The summed E-state index contributed by atoms with van der Waals surface area (Å²) in [6, 6.07) is 3.22. The quantitative estimate of drug-likeness (QED) is 0.381. The van der Waals surface area contributed by atoms with Crippen LogP contribution in [-0.4, -0.2) is 69.8 Å². The molecule has 4 heterocycles. The van der Waals surface area contributed by atoms with Gasteiger partial charge in [-0.2, -0.15) is 0 Å². The van der Waals surface area contributed by atoms with Crippen LogP contribution in [0.15, 0.2) is 31.0 Å². The fraction of sp³-hybridized carbons (Fsp3) is 0.375. The molecule has 1 fully saturated rings. The lowest BCUT2D eigenvalue weighted by molar-refractivity contribution is -0.0511. The molecule has 4 atom stereocenters. The topological polar surface area (TPSA) is 159 Å². The van der Waals surface area contributed by atoms with Gasteiger partial charge in [0, 0.05) is 0 Å². The Morgan fingerprint density at radius 2 is 1.96 bits per heavy atom. The number of aliphatic hydroxyl groups excluding tert-OH is 3. The number of anilines is 1. The largest absolute Gasteiger partial charge is 0.506 e. The lowest BCUT2D eigenvalue weighted by Crippen LogP contribution is -2.33. The summed E-state index contributed by atoms with van der Waals surface area (Å²) in [5.74, 6) is 0.542. The van der Waals surface area contributed by atoms with Crippen molar-refractivity contribution in [3.8, 4) is 5.75 Å². The molecule has 0 aromatic carbocycles. The molecule has 1 aliphatic heterocycles. The Labute approximate surface area is 152 Å². The first kappa shape index (κ1) is 17.5. The standard InChI is InChI=1S/C16H18N6O5/c23-5-10-12(25)13(26)16(27-10)22-7-21-11-14(19-6-20-15(11)22)18-3-8-1-2-9(24)4-17-8/h1-2,4,6-7,10,12-13,16,23-26H,3,5H2,(H,18,19,20)/t10-,12-,13-,16-/m1/s1. The molecule has 1 saturated heterocycles. The number of hydrogen-bond donors (Lipinski definition) is 5. The predicted octanol–water partition coefficient (Wildman–Crippen LogP) is -0.850. The zero-order valence-corrected chi connectivity index (χ0v) is 14.0. The first-order valence-electron chi connectivity index (χ1n) is 8.26. The molecule has 11 heteroatoms. The summed E-state index contributed by atoms with van der Waals surface area (Å²) in [4.78, 5) is 16.7. The minimum absolute atomic E-state index is 0.0837. The number of nitrogens with one attached hydrogen (secondary N) is 1. The summed E-state index contributed by atoms with van der Waals surface area (Å²) >= 11 is 0. The highest BCUT2D eigenvalue weighted by atomic mass is 16.6. The zero-order valence-electron chi connectivity index (χ0n) is 14.0. The number of aromatic hydroxyl groups is 1. The van der Waals surface area contributed by atoms with Crippen molar-refractivity contribution in [1.82, 2.24) is 24.5 Å². The van der Waals surface area contributed by atoms with E-state index in [0.717, 1.165) is 0 Å². The Hall–Kier alpha value is -2.86. The average Bonchev–Trinajstić information content (AvgIpc) is 3.23. The Bertz CT molecular complexity index is 933. The van der Waals surface area contributed by atoms with E-state index in [4.69, 9.17) is 4.74 Å². The second-order valence-corrected chi connectivity index (χ2v) is 6.14. The van der Waals surface area contributed by atoms with Crippen LogP contribution in [-0.2, 0) is 11.3 Å². The Kier molecular flexibility index (Phi) is 4.58. The van der Waals surface area contributed by atoms with Gasteiger partial charge < -0.3 is 30.5 Å².